The van der Waals surface area contributed by atoms with Gasteiger partial charge in [-0.3, -0.25) is 4.79 Å². The zero-order chi connectivity index (χ0) is 29.5. The van der Waals surface area contributed by atoms with Gasteiger partial charge in [0.25, 0.3) is 0 Å². The topological polar surface area (TPSA) is 63.3 Å². The molecule has 5 aromatic rings. The maximum atomic E-state index is 13.9. The predicted octanol–water partition coefficient (Wildman–Crippen LogP) is 8.55. The molecule has 2 aromatic heterocycles. The van der Waals surface area contributed by atoms with Gasteiger partial charge in [-0.2, -0.15) is 0 Å². The number of benzene rings is 3. The second-order valence-corrected chi connectivity index (χ2v) is 9.33. The first-order valence-electron chi connectivity index (χ1n) is 14.2. The largest absolute Gasteiger partial charge is 0.512 e. The molecule has 0 saturated heterocycles. The van der Waals surface area contributed by atoms with Gasteiger partial charge >= 0.3 is 0 Å². The molecule has 2 heterocycles. The van der Waals surface area contributed by atoms with Crippen LogP contribution in [0.1, 0.15) is 55.6 Å². The van der Waals surface area contributed by atoms with Gasteiger partial charge < -0.3 is 14.5 Å². The maximum Gasteiger partial charge on any atom is 0.155 e. The quantitative estimate of drug-likeness (QED) is 0.117. The Bertz CT molecular complexity index is 1810. The number of pyridine rings is 1. The van der Waals surface area contributed by atoms with E-state index in [2.05, 4.69) is 11.1 Å². The Morgan fingerprint density at radius 2 is 1.97 bits per heavy atom. The number of hydrogen-bond donors (Lipinski definition) is 1. The Labute approximate surface area is 240 Å². The van der Waals surface area contributed by atoms with E-state index in [0.29, 0.717) is 40.7 Å². The summed E-state index contributed by atoms with van der Waals surface area (Å²) in [7, 11) is 0. The molecule has 0 aliphatic heterocycles. The molecule has 2 atom stereocenters. The van der Waals surface area contributed by atoms with Crippen molar-refractivity contribution in [2.75, 3.05) is 0 Å². The fourth-order valence-electron chi connectivity index (χ4n) is 4.89. The summed E-state index contributed by atoms with van der Waals surface area (Å²) in [5.74, 6) is -0.997. The second kappa shape index (κ2) is 11.6. The smallest absolute Gasteiger partial charge is 0.155 e. The van der Waals surface area contributed by atoms with Crippen LogP contribution in [0.2, 0.25) is 0 Å². The molecular weight excluding hydrogens is 658 g/mol. The Balaban J connectivity index is 0.000000454. The van der Waals surface area contributed by atoms with Crippen molar-refractivity contribution in [1.82, 2.24) is 4.98 Å². The second-order valence-electron chi connectivity index (χ2n) is 9.33. The molecule has 1 radical (unpaired) electrons. The number of nitrogens with zero attached hydrogens (tertiary/aromatic N) is 1. The fourth-order valence-corrected chi connectivity index (χ4v) is 4.89. The summed E-state index contributed by atoms with van der Waals surface area (Å²) in [6.07, 6.45) is 2.98. The van der Waals surface area contributed by atoms with Crippen LogP contribution in [-0.2, 0) is 24.9 Å². The molecule has 4 nitrogen and oxygen atoms in total. The van der Waals surface area contributed by atoms with Crippen LogP contribution in [0.15, 0.2) is 77.0 Å². The summed E-state index contributed by atoms with van der Waals surface area (Å²) in [5, 5.41) is 11.6. The number of para-hydroxylation sites is 1. The number of halogens is 1. The molecule has 1 saturated carbocycles. The van der Waals surface area contributed by atoms with E-state index in [1.807, 2.05) is 48.5 Å². The molecule has 1 aliphatic carbocycles. The number of fused-ring (bicyclic) bond motifs is 4. The minimum absolute atomic E-state index is 0. The van der Waals surface area contributed by atoms with Crippen molar-refractivity contribution in [2.45, 2.75) is 52.0 Å². The normalized spacial score (nSPS) is 21.1. The van der Waals surface area contributed by atoms with Crippen LogP contribution in [-0.4, -0.2) is 22.0 Å². The number of aliphatic hydroxyl groups excluding tert-OH is 1. The summed E-state index contributed by atoms with van der Waals surface area (Å²) in [5.41, 5.74) is 3.13. The average Bonchev–Trinajstić information content (AvgIpc) is 3.46. The van der Waals surface area contributed by atoms with Crippen molar-refractivity contribution in [2.24, 2.45) is 0 Å². The van der Waals surface area contributed by atoms with Gasteiger partial charge in [-0.1, -0.05) is 54.2 Å². The Morgan fingerprint density at radius 3 is 2.66 bits per heavy atom. The SMILES string of the molecule is CC(=O)/C=C(/C)O.[2H]C([2H])([2H])c1[c-]c(-c2nccc3cc(C4([2H])CCC(F)C4)ccc23)c2oc3ccccc3c2c1.[Ir]. The monoisotopic (exact) mass is 691 g/mol. The fraction of sp³-hybridized carbons (Fsp3) is 0.250. The van der Waals surface area contributed by atoms with E-state index in [9.17, 15) is 9.18 Å². The zero-order valence-electron chi connectivity index (χ0n) is 25.0. The third kappa shape index (κ3) is 5.72. The van der Waals surface area contributed by atoms with E-state index >= 15 is 0 Å². The first kappa shape index (κ1) is 22.6. The molecule has 2 unspecified atom stereocenters. The molecule has 197 valence electrons. The van der Waals surface area contributed by atoms with Crippen molar-refractivity contribution < 1.29 is 44.3 Å². The number of allylic oxidation sites excluding steroid dienone is 2. The van der Waals surface area contributed by atoms with Crippen LogP contribution in [0.4, 0.5) is 4.39 Å². The predicted molar refractivity (Wildman–Crippen MR) is 147 cm³/mol. The molecule has 6 rings (SSSR count). The van der Waals surface area contributed by atoms with Gasteiger partial charge in [0.05, 0.1) is 11.3 Å². The molecule has 38 heavy (non-hydrogen) atoms. The van der Waals surface area contributed by atoms with Crippen LogP contribution in [0.5, 0.6) is 0 Å². The number of alkyl halides is 1. The number of carbonyl (C=O) groups is 1. The molecule has 0 spiro atoms. The van der Waals surface area contributed by atoms with Gasteiger partial charge in [0.2, 0.25) is 0 Å². The van der Waals surface area contributed by atoms with Crippen molar-refractivity contribution in [1.29, 1.82) is 0 Å². The van der Waals surface area contributed by atoms with Crippen molar-refractivity contribution in [3.05, 3.63) is 89.8 Å². The Morgan fingerprint density at radius 1 is 1.16 bits per heavy atom. The molecular formula is C32H29FIrNO3-. The first-order valence-corrected chi connectivity index (χ1v) is 12.2. The van der Waals surface area contributed by atoms with Crippen molar-refractivity contribution in [3.8, 4) is 11.3 Å². The van der Waals surface area contributed by atoms with Crippen LogP contribution in [0.25, 0.3) is 44.0 Å². The minimum atomic E-state index is -2.35. The van der Waals surface area contributed by atoms with Crippen LogP contribution in [0, 0.1) is 12.9 Å². The summed E-state index contributed by atoms with van der Waals surface area (Å²) >= 11 is 0. The number of ketones is 1. The van der Waals surface area contributed by atoms with Gasteiger partial charge in [0.1, 0.15) is 11.8 Å². The van der Waals surface area contributed by atoms with E-state index in [4.69, 9.17) is 15.0 Å². The molecule has 0 amide bonds. The summed E-state index contributed by atoms with van der Waals surface area (Å²) in [6.45, 7) is 0.503. The van der Waals surface area contributed by atoms with Crippen LogP contribution < -0.4 is 0 Å². The number of hydrogen-bond acceptors (Lipinski definition) is 4. The number of aromatic nitrogens is 1. The minimum Gasteiger partial charge on any atom is -0.512 e. The van der Waals surface area contributed by atoms with Crippen LogP contribution >= 0.6 is 0 Å². The Hall–Kier alpha value is -3.34. The average molecular weight is 691 g/mol. The zero-order valence-corrected chi connectivity index (χ0v) is 23.4. The van der Waals surface area contributed by atoms with Gasteiger partial charge in [-0.25, -0.2) is 4.39 Å². The van der Waals surface area contributed by atoms with Crippen LogP contribution in [0.3, 0.4) is 0 Å². The van der Waals surface area contributed by atoms with Gasteiger partial charge in [0.15, 0.2) is 5.78 Å². The molecule has 0 bridgehead atoms. The third-order valence-electron chi connectivity index (χ3n) is 6.46. The number of rotatable bonds is 3. The van der Waals surface area contributed by atoms with E-state index in [-0.39, 0.29) is 43.6 Å². The number of aryl methyl sites for hydroxylation is 1. The summed E-state index contributed by atoms with van der Waals surface area (Å²) in [6, 6.07) is 19.8. The third-order valence-corrected chi connectivity index (χ3v) is 6.46. The standard InChI is InChI=1S/C27H21FNO.C5H8O2.Ir/c1-16-12-23-22-4-2-3-5-25(22)30-27(23)24(13-16)26-21-9-7-17(14-19(21)10-11-29-26)18-6-8-20(28)15-18;1-4(6)3-5(2)7;/h2-5,7,9-12,14,18,20H,6,8,15H2,1H3;3,6H,1-2H3;/q-1;;/b;4-3-;/i1D3,18D;;. The first-order chi connectivity index (χ1) is 19.4. The van der Waals surface area contributed by atoms with Gasteiger partial charge in [-0.15, -0.1) is 17.7 Å². The Kier molecular flexibility index (Phi) is 6.90. The van der Waals surface area contributed by atoms with E-state index in [1.165, 1.54) is 19.9 Å². The molecule has 1 N–H and O–H groups in total. The summed E-state index contributed by atoms with van der Waals surface area (Å²) in [4.78, 5) is 14.6. The van der Waals surface area contributed by atoms with E-state index in [0.717, 1.165) is 21.7 Å². The summed E-state index contributed by atoms with van der Waals surface area (Å²) < 4.78 is 52.8. The number of carbonyl (C=O) groups excluding carboxylic acids is 1. The molecule has 1 fully saturated rings. The maximum absolute atomic E-state index is 13.9. The molecule has 3 aromatic carbocycles. The van der Waals surface area contributed by atoms with E-state index in [1.54, 1.807) is 12.3 Å². The van der Waals surface area contributed by atoms with E-state index < -0.39 is 18.9 Å². The van der Waals surface area contributed by atoms with Gasteiger partial charge in [0, 0.05) is 43.2 Å². The molecule has 1 aliphatic rings. The number of aliphatic hydroxyl groups is 1. The molecule has 6 heteroatoms. The van der Waals surface area contributed by atoms with Crippen molar-refractivity contribution >= 4 is 38.5 Å². The van der Waals surface area contributed by atoms with Crippen molar-refractivity contribution in [3.63, 3.8) is 0 Å². The van der Waals surface area contributed by atoms with Gasteiger partial charge in [-0.05, 0) is 73.2 Å². The number of furan rings is 1.